The number of carbonyl (C=O) groups is 2. The molecule has 1 aliphatic rings. The number of carbonyl (C=O) groups excluding carboxylic acids is 2. The maximum absolute atomic E-state index is 12.4. The minimum absolute atomic E-state index is 0.0139. The second-order valence-corrected chi connectivity index (χ2v) is 7.30. The van der Waals surface area contributed by atoms with Gasteiger partial charge in [0.15, 0.2) is 29.0 Å². The molecule has 2 atom stereocenters. The molecule has 0 saturated carbocycles. The second kappa shape index (κ2) is 9.90. The topological polar surface area (TPSA) is 161 Å². The predicted octanol–water partition coefficient (Wildman–Crippen LogP) is 1.37. The minimum atomic E-state index is -0.791. The summed E-state index contributed by atoms with van der Waals surface area (Å²) < 4.78 is 5.58. The molecule has 1 heterocycles. The fourth-order valence-corrected chi connectivity index (χ4v) is 3.19. The molecule has 0 bridgehead atoms. The largest absolute Gasteiger partial charge is 0.504 e. The van der Waals surface area contributed by atoms with E-state index in [9.17, 15) is 30.0 Å². The first-order chi connectivity index (χ1) is 15.3. The second-order valence-electron chi connectivity index (χ2n) is 7.30. The first-order valence-electron chi connectivity index (χ1n) is 10.1. The maximum atomic E-state index is 12.4. The summed E-state index contributed by atoms with van der Waals surface area (Å²) in [6.45, 7) is 2.37. The number of rotatable bonds is 8. The van der Waals surface area contributed by atoms with Crippen LogP contribution in [0.4, 0.5) is 0 Å². The highest BCUT2D eigenvalue weighted by Crippen LogP contribution is 2.31. The van der Waals surface area contributed by atoms with Crippen LogP contribution in [0.2, 0.25) is 0 Å². The van der Waals surface area contributed by atoms with Gasteiger partial charge < -0.3 is 35.8 Å². The predicted molar refractivity (Wildman–Crippen MR) is 115 cm³/mol. The number of aromatic hydroxyl groups is 4. The number of aliphatic imine (C=N–C) groups is 1. The Balaban J connectivity index is 1.43. The highest BCUT2D eigenvalue weighted by molar-refractivity contribution is 6.01. The van der Waals surface area contributed by atoms with E-state index in [1.54, 1.807) is 6.92 Å². The highest BCUT2D eigenvalue weighted by atomic mass is 16.5. The normalized spacial score (nSPS) is 17.3. The molecule has 170 valence electrons. The molecule has 0 aromatic heterocycles. The Morgan fingerprint density at radius 2 is 1.56 bits per heavy atom. The van der Waals surface area contributed by atoms with Crippen LogP contribution < -0.4 is 10.6 Å². The van der Waals surface area contributed by atoms with Crippen LogP contribution in [-0.4, -0.2) is 63.4 Å². The zero-order valence-corrected chi connectivity index (χ0v) is 17.4. The number of amides is 2. The molecular weight excluding hydrogens is 418 g/mol. The smallest absolute Gasteiger partial charge is 0.255 e. The molecule has 2 unspecified atom stereocenters. The van der Waals surface area contributed by atoms with Gasteiger partial charge in [0.25, 0.3) is 5.91 Å². The number of hydrogen-bond donors (Lipinski definition) is 6. The van der Waals surface area contributed by atoms with Crippen LogP contribution >= 0.6 is 0 Å². The Morgan fingerprint density at radius 1 is 0.938 bits per heavy atom. The van der Waals surface area contributed by atoms with Crippen LogP contribution in [0.15, 0.2) is 41.4 Å². The van der Waals surface area contributed by atoms with Gasteiger partial charge in [0.1, 0.15) is 6.10 Å². The van der Waals surface area contributed by atoms with E-state index in [1.165, 1.54) is 36.4 Å². The van der Waals surface area contributed by atoms with Crippen molar-refractivity contribution < 1.29 is 34.8 Å². The van der Waals surface area contributed by atoms with Crippen LogP contribution in [0.5, 0.6) is 23.0 Å². The lowest BCUT2D eigenvalue weighted by Crippen LogP contribution is -2.38. The molecule has 3 rings (SSSR count). The van der Waals surface area contributed by atoms with E-state index in [2.05, 4.69) is 15.6 Å². The SMILES string of the molecule is CC1OC(c2cccc(O)c2O)=NC1C(=O)NCCCCNC(=O)c1cccc(O)c1O. The quantitative estimate of drug-likeness (QED) is 0.265. The highest BCUT2D eigenvalue weighted by Gasteiger charge is 2.34. The van der Waals surface area contributed by atoms with Gasteiger partial charge in [-0.25, -0.2) is 4.99 Å². The van der Waals surface area contributed by atoms with Crippen molar-refractivity contribution in [2.75, 3.05) is 13.1 Å². The summed E-state index contributed by atoms with van der Waals surface area (Å²) in [5, 5.41) is 44.2. The lowest BCUT2D eigenvalue weighted by atomic mass is 10.1. The van der Waals surface area contributed by atoms with E-state index in [-0.39, 0.29) is 40.2 Å². The molecule has 6 N–H and O–H groups in total. The fraction of sp³-hybridized carbons (Fsp3) is 0.318. The molecular formula is C22H25N3O7. The van der Waals surface area contributed by atoms with E-state index in [1.807, 2.05) is 0 Å². The van der Waals surface area contributed by atoms with Crippen LogP contribution in [-0.2, 0) is 9.53 Å². The standard InChI is InChI=1S/C22H25N3O7/c1-12-17(25-22(32-12)14-7-5-9-16(27)19(14)29)21(31)24-11-3-2-10-23-20(30)13-6-4-8-15(26)18(13)28/h4-9,12,17,26-29H,2-3,10-11H2,1H3,(H,23,30)(H,24,31). The van der Waals surface area contributed by atoms with E-state index >= 15 is 0 Å². The van der Waals surface area contributed by atoms with Crippen molar-refractivity contribution in [3.05, 3.63) is 47.5 Å². The molecule has 0 spiro atoms. The van der Waals surface area contributed by atoms with E-state index in [0.717, 1.165) is 0 Å². The van der Waals surface area contributed by atoms with Crippen molar-refractivity contribution in [1.82, 2.24) is 10.6 Å². The lowest BCUT2D eigenvalue weighted by Gasteiger charge is -2.13. The van der Waals surface area contributed by atoms with Gasteiger partial charge in [-0.2, -0.15) is 0 Å². The summed E-state index contributed by atoms with van der Waals surface area (Å²) >= 11 is 0. The van der Waals surface area contributed by atoms with Gasteiger partial charge in [-0.1, -0.05) is 12.1 Å². The lowest BCUT2D eigenvalue weighted by molar-refractivity contribution is -0.123. The number of ether oxygens (including phenoxy) is 1. The van der Waals surface area contributed by atoms with Crippen LogP contribution in [0, 0.1) is 0 Å². The number of nitrogens with one attached hydrogen (secondary N) is 2. The Kier molecular flexibility index (Phi) is 7.04. The van der Waals surface area contributed by atoms with Gasteiger partial charge in [0.2, 0.25) is 11.8 Å². The van der Waals surface area contributed by atoms with E-state index < -0.39 is 23.8 Å². The summed E-state index contributed by atoms with van der Waals surface area (Å²) in [5.41, 5.74) is 0.195. The van der Waals surface area contributed by atoms with Gasteiger partial charge in [0.05, 0.1) is 11.1 Å². The summed E-state index contributed by atoms with van der Waals surface area (Å²) in [6, 6.07) is 7.76. The molecule has 32 heavy (non-hydrogen) atoms. The molecule has 2 amide bonds. The van der Waals surface area contributed by atoms with Crippen molar-refractivity contribution >= 4 is 17.7 Å². The van der Waals surface area contributed by atoms with Gasteiger partial charge in [0, 0.05) is 13.1 Å². The third-order valence-electron chi connectivity index (χ3n) is 4.96. The minimum Gasteiger partial charge on any atom is -0.504 e. The third-order valence-corrected chi connectivity index (χ3v) is 4.96. The van der Waals surface area contributed by atoms with Gasteiger partial charge in [-0.15, -0.1) is 0 Å². The van der Waals surface area contributed by atoms with Crippen molar-refractivity contribution in [3.63, 3.8) is 0 Å². The van der Waals surface area contributed by atoms with Gasteiger partial charge in [-0.3, -0.25) is 9.59 Å². The fourth-order valence-electron chi connectivity index (χ4n) is 3.19. The van der Waals surface area contributed by atoms with Crippen molar-refractivity contribution in [2.45, 2.75) is 31.9 Å². The molecule has 2 aromatic rings. The van der Waals surface area contributed by atoms with Crippen molar-refractivity contribution in [3.8, 4) is 23.0 Å². The Bertz CT molecular complexity index is 1040. The Labute approximate surface area is 184 Å². The number of phenolic OH excluding ortho intramolecular Hbond substituents is 4. The number of hydrogen-bond acceptors (Lipinski definition) is 8. The number of nitrogens with zero attached hydrogens (tertiary/aromatic N) is 1. The summed E-state index contributed by atoms with van der Waals surface area (Å²) in [5.74, 6) is -2.25. The first-order valence-corrected chi connectivity index (χ1v) is 10.1. The van der Waals surface area contributed by atoms with E-state index in [0.29, 0.717) is 25.9 Å². The molecule has 10 nitrogen and oxygen atoms in total. The third kappa shape index (κ3) is 5.02. The van der Waals surface area contributed by atoms with Crippen LogP contribution in [0.25, 0.3) is 0 Å². The van der Waals surface area contributed by atoms with Gasteiger partial charge in [-0.05, 0) is 44.0 Å². The molecule has 0 aliphatic carbocycles. The number of benzene rings is 2. The first kappa shape index (κ1) is 22.7. The van der Waals surface area contributed by atoms with Crippen LogP contribution in [0.1, 0.15) is 35.7 Å². The average Bonchev–Trinajstić information content (AvgIpc) is 3.15. The molecule has 0 saturated heterocycles. The van der Waals surface area contributed by atoms with Crippen LogP contribution in [0.3, 0.4) is 0 Å². The van der Waals surface area contributed by atoms with Crippen molar-refractivity contribution in [2.24, 2.45) is 4.99 Å². The number of para-hydroxylation sites is 2. The molecule has 0 radical (unpaired) electrons. The maximum Gasteiger partial charge on any atom is 0.255 e. The number of unbranched alkanes of at least 4 members (excludes halogenated alkanes) is 1. The zero-order valence-electron chi connectivity index (χ0n) is 17.4. The Hall–Kier alpha value is -3.95. The zero-order chi connectivity index (χ0) is 23.3. The Morgan fingerprint density at radius 3 is 2.28 bits per heavy atom. The number of phenols is 4. The molecule has 0 fully saturated rings. The molecule has 1 aliphatic heterocycles. The summed E-state index contributed by atoms with van der Waals surface area (Å²) in [4.78, 5) is 28.7. The summed E-state index contributed by atoms with van der Waals surface area (Å²) in [6.07, 6.45) is 0.624. The molecule has 2 aromatic carbocycles. The average molecular weight is 443 g/mol. The van der Waals surface area contributed by atoms with E-state index in [4.69, 9.17) is 4.74 Å². The summed E-state index contributed by atoms with van der Waals surface area (Å²) in [7, 11) is 0. The van der Waals surface area contributed by atoms with Gasteiger partial charge >= 0.3 is 0 Å². The van der Waals surface area contributed by atoms with Crippen molar-refractivity contribution in [1.29, 1.82) is 0 Å². The molecule has 10 heteroatoms. The monoisotopic (exact) mass is 443 g/mol.